The van der Waals surface area contributed by atoms with Gasteiger partial charge in [-0.1, -0.05) is 27.7 Å². The second-order valence-corrected chi connectivity index (χ2v) is 7.44. The van der Waals surface area contributed by atoms with Crippen LogP contribution < -0.4 is 4.74 Å². The van der Waals surface area contributed by atoms with Gasteiger partial charge in [0.1, 0.15) is 5.75 Å². The maximum Gasteiger partial charge on any atom is 0.263 e. The number of aliphatic imine (C=N–C) groups is 1. The van der Waals surface area contributed by atoms with Crippen molar-refractivity contribution in [2.75, 3.05) is 33.1 Å². The number of amidine groups is 1. The number of amides is 1. The second kappa shape index (κ2) is 6.83. The van der Waals surface area contributed by atoms with Gasteiger partial charge in [-0.2, -0.15) is 0 Å². The van der Waals surface area contributed by atoms with Gasteiger partial charge in [0, 0.05) is 18.1 Å². The lowest BCUT2D eigenvalue weighted by atomic mass is 9.96. The third kappa shape index (κ3) is 3.41. The van der Waals surface area contributed by atoms with Crippen LogP contribution in [0.25, 0.3) is 0 Å². The molecule has 1 amide bonds. The number of benzene rings is 1. The summed E-state index contributed by atoms with van der Waals surface area (Å²) in [5, 5.41) is 0.691. The molecule has 0 bridgehead atoms. The monoisotopic (exact) mass is 398 g/mol. The molecule has 1 fully saturated rings. The first-order chi connectivity index (χ1) is 11.0. The Bertz CT molecular complexity index is 644. The molecule has 1 aromatic rings. The zero-order chi connectivity index (χ0) is 16.4. The standard InChI is InChI=1S/C16H19BrN2O3S/c1-19-14(20)12-8-11(17)4-5-13(12)22-16(6-3-7-21-10-16)9-18-15(19)23-2/h4-5,8H,3,6-7,9-10H2,1-2H3. The van der Waals surface area contributed by atoms with Gasteiger partial charge in [0.15, 0.2) is 10.8 Å². The topological polar surface area (TPSA) is 51.1 Å². The predicted molar refractivity (Wildman–Crippen MR) is 95.5 cm³/mol. The first-order valence-electron chi connectivity index (χ1n) is 7.47. The normalized spacial score (nSPS) is 25.1. The number of carbonyl (C=O) groups is 1. The molecule has 1 atom stereocenters. The summed E-state index contributed by atoms with van der Waals surface area (Å²) in [6.07, 6.45) is 3.72. The third-order valence-corrected chi connectivity index (χ3v) is 5.32. The summed E-state index contributed by atoms with van der Waals surface area (Å²) < 4.78 is 12.8. The quantitative estimate of drug-likeness (QED) is 0.673. The number of nitrogens with zero attached hydrogens (tertiary/aromatic N) is 2. The SMILES string of the molecule is CSC1=NCC2(CCCOC2)Oc2ccc(Br)cc2C(=O)N1C. The van der Waals surface area contributed by atoms with E-state index in [1.54, 1.807) is 18.0 Å². The number of halogens is 1. The fraction of sp³-hybridized carbons (Fsp3) is 0.500. The van der Waals surface area contributed by atoms with Crippen LogP contribution in [0, 0.1) is 0 Å². The van der Waals surface area contributed by atoms with Crippen molar-refractivity contribution in [3.63, 3.8) is 0 Å². The highest BCUT2D eigenvalue weighted by molar-refractivity contribution is 9.10. The van der Waals surface area contributed by atoms with Crippen molar-refractivity contribution in [1.82, 2.24) is 4.90 Å². The minimum atomic E-state index is -0.507. The largest absolute Gasteiger partial charge is 0.482 e. The lowest BCUT2D eigenvalue weighted by Gasteiger charge is -2.36. The van der Waals surface area contributed by atoms with E-state index in [-0.39, 0.29) is 5.91 Å². The highest BCUT2D eigenvalue weighted by atomic mass is 79.9. The molecule has 0 radical (unpaired) electrons. The molecule has 7 heteroatoms. The van der Waals surface area contributed by atoms with Crippen molar-refractivity contribution in [3.05, 3.63) is 28.2 Å². The summed E-state index contributed by atoms with van der Waals surface area (Å²) >= 11 is 4.90. The van der Waals surface area contributed by atoms with E-state index < -0.39 is 5.60 Å². The van der Waals surface area contributed by atoms with E-state index >= 15 is 0 Å². The number of ether oxygens (including phenoxy) is 2. The molecule has 0 aromatic heterocycles. The van der Waals surface area contributed by atoms with E-state index in [9.17, 15) is 4.79 Å². The molecule has 124 valence electrons. The minimum absolute atomic E-state index is 0.122. The lowest BCUT2D eigenvalue weighted by Crippen LogP contribution is -2.47. The Balaban J connectivity index is 2.09. The first-order valence-corrected chi connectivity index (χ1v) is 9.49. The van der Waals surface area contributed by atoms with Gasteiger partial charge in [0.2, 0.25) is 0 Å². The molecule has 0 aliphatic carbocycles. The van der Waals surface area contributed by atoms with Crippen molar-refractivity contribution in [1.29, 1.82) is 0 Å². The van der Waals surface area contributed by atoms with Gasteiger partial charge < -0.3 is 9.47 Å². The fourth-order valence-corrected chi connectivity index (χ4v) is 3.75. The van der Waals surface area contributed by atoms with Gasteiger partial charge in [-0.25, -0.2) is 0 Å². The van der Waals surface area contributed by atoms with Crippen LogP contribution in [0.2, 0.25) is 0 Å². The molecule has 3 rings (SSSR count). The van der Waals surface area contributed by atoms with Crippen LogP contribution in [0.3, 0.4) is 0 Å². The van der Waals surface area contributed by atoms with Crippen molar-refractivity contribution in [2.45, 2.75) is 18.4 Å². The van der Waals surface area contributed by atoms with Crippen molar-refractivity contribution < 1.29 is 14.3 Å². The molecule has 2 aliphatic heterocycles. The van der Waals surface area contributed by atoms with Crippen LogP contribution in [-0.4, -0.2) is 54.6 Å². The minimum Gasteiger partial charge on any atom is -0.482 e. The molecule has 5 nitrogen and oxygen atoms in total. The smallest absolute Gasteiger partial charge is 0.263 e. The van der Waals surface area contributed by atoms with E-state index in [2.05, 4.69) is 20.9 Å². The Morgan fingerprint density at radius 3 is 2.96 bits per heavy atom. The first kappa shape index (κ1) is 16.8. The number of carbonyl (C=O) groups excluding carboxylic acids is 1. The average Bonchev–Trinajstić information content (AvgIpc) is 2.59. The fourth-order valence-electron chi connectivity index (χ4n) is 2.84. The van der Waals surface area contributed by atoms with E-state index in [0.29, 0.717) is 29.6 Å². The van der Waals surface area contributed by atoms with Crippen molar-refractivity contribution in [3.8, 4) is 5.75 Å². The summed E-state index contributed by atoms with van der Waals surface area (Å²) in [6.45, 7) is 1.72. The van der Waals surface area contributed by atoms with Gasteiger partial charge in [-0.15, -0.1) is 0 Å². The summed E-state index contributed by atoms with van der Waals surface area (Å²) in [4.78, 5) is 19.1. The Hall–Kier alpha value is -1.05. The van der Waals surface area contributed by atoms with E-state index in [0.717, 1.165) is 23.9 Å². The van der Waals surface area contributed by atoms with Gasteiger partial charge in [0.05, 0.1) is 18.7 Å². The highest BCUT2D eigenvalue weighted by Crippen LogP contribution is 2.33. The Morgan fingerprint density at radius 2 is 2.26 bits per heavy atom. The zero-order valence-electron chi connectivity index (χ0n) is 13.2. The molecule has 1 aromatic carbocycles. The van der Waals surface area contributed by atoms with Crippen LogP contribution >= 0.6 is 27.7 Å². The van der Waals surface area contributed by atoms with E-state index in [1.807, 2.05) is 18.4 Å². The molecule has 2 aliphatic rings. The summed E-state index contributed by atoms with van der Waals surface area (Å²) in [5.41, 5.74) is 0.0308. The Labute approximate surface area is 148 Å². The third-order valence-electron chi connectivity index (χ3n) is 4.06. The molecule has 23 heavy (non-hydrogen) atoms. The summed E-state index contributed by atoms with van der Waals surface area (Å²) in [7, 11) is 1.75. The maximum atomic E-state index is 12.8. The summed E-state index contributed by atoms with van der Waals surface area (Å²) in [6, 6.07) is 5.53. The van der Waals surface area contributed by atoms with Crippen LogP contribution in [0.4, 0.5) is 0 Å². The van der Waals surface area contributed by atoms with Crippen LogP contribution in [0.15, 0.2) is 27.7 Å². The lowest BCUT2D eigenvalue weighted by molar-refractivity contribution is -0.0617. The molecule has 1 unspecified atom stereocenters. The molecule has 1 saturated heterocycles. The Morgan fingerprint density at radius 1 is 1.43 bits per heavy atom. The number of thioether (sulfide) groups is 1. The second-order valence-electron chi connectivity index (χ2n) is 5.75. The van der Waals surface area contributed by atoms with Gasteiger partial charge >= 0.3 is 0 Å². The Kier molecular flexibility index (Phi) is 4.98. The van der Waals surface area contributed by atoms with Crippen LogP contribution in [-0.2, 0) is 4.74 Å². The molecular formula is C16H19BrN2O3S. The number of fused-ring (bicyclic) bond motifs is 1. The summed E-state index contributed by atoms with van der Waals surface area (Å²) in [5.74, 6) is 0.469. The zero-order valence-corrected chi connectivity index (χ0v) is 15.6. The van der Waals surface area contributed by atoms with Crippen molar-refractivity contribution in [2.24, 2.45) is 4.99 Å². The van der Waals surface area contributed by atoms with Crippen molar-refractivity contribution >= 4 is 38.8 Å². The molecule has 1 spiro atoms. The van der Waals surface area contributed by atoms with Gasteiger partial charge in [0.25, 0.3) is 5.91 Å². The van der Waals surface area contributed by atoms with E-state index in [4.69, 9.17) is 9.47 Å². The average molecular weight is 399 g/mol. The number of hydrogen-bond donors (Lipinski definition) is 0. The number of rotatable bonds is 0. The van der Waals surface area contributed by atoms with Crippen LogP contribution in [0.1, 0.15) is 23.2 Å². The molecule has 2 heterocycles. The van der Waals surface area contributed by atoms with Gasteiger partial charge in [-0.3, -0.25) is 14.7 Å². The number of hydrogen-bond acceptors (Lipinski definition) is 5. The van der Waals surface area contributed by atoms with Gasteiger partial charge in [-0.05, 0) is 37.3 Å². The van der Waals surface area contributed by atoms with Crippen LogP contribution in [0.5, 0.6) is 5.75 Å². The molecule has 0 N–H and O–H groups in total. The molecule has 0 saturated carbocycles. The molecular weight excluding hydrogens is 380 g/mol. The maximum absolute atomic E-state index is 12.8. The predicted octanol–water partition coefficient (Wildman–Crippen LogP) is 3.18. The highest BCUT2D eigenvalue weighted by Gasteiger charge is 2.38. The van der Waals surface area contributed by atoms with E-state index in [1.165, 1.54) is 11.8 Å².